The molecule has 5 nitrogen and oxygen atoms in total. The number of benzene rings is 3. The van der Waals surface area contributed by atoms with E-state index in [4.69, 9.17) is 23.2 Å². The summed E-state index contributed by atoms with van der Waals surface area (Å²) in [6.07, 6.45) is 1.75. The van der Waals surface area contributed by atoms with Crippen LogP contribution in [0.25, 0.3) is 0 Å². The Balaban J connectivity index is 1.72. The zero-order chi connectivity index (χ0) is 22.8. The topological polar surface area (TPSA) is 61.2 Å². The molecule has 1 aliphatic rings. The Labute approximate surface area is 196 Å². The first-order chi connectivity index (χ1) is 15.3. The van der Waals surface area contributed by atoms with Gasteiger partial charge in [0, 0.05) is 16.1 Å². The SMILES string of the molecule is Cc1ccc(C(=O)N[C@@H]2C(=O)N/[N+](=C\c3ccc(Cl)cc3Cl)[C@@H]2c2ccc(C)cc2)cc1. The fraction of sp³-hybridized carbons (Fsp3) is 0.160. The van der Waals surface area contributed by atoms with Crippen molar-refractivity contribution < 1.29 is 14.3 Å². The number of hydrazine groups is 1. The Kier molecular flexibility index (Phi) is 6.31. The zero-order valence-electron chi connectivity index (χ0n) is 17.6. The van der Waals surface area contributed by atoms with Crippen LogP contribution in [-0.4, -0.2) is 28.8 Å². The van der Waals surface area contributed by atoms with Gasteiger partial charge >= 0.3 is 5.91 Å². The van der Waals surface area contributed by atoms with E-state index in [1.807, 2.05) is 50.2 Å². The van der Waals surface area contributed by atoms with Crippen LogP contribution >= 0.6 is 23.2 Å². The molecule has 1 aliphatic heterocycles. The van der Waals surface area contributed by atoms with E-state index in [2.05, 4.69) is 10.7 Å². The molecule has 0 bridgehead atoms. The lowest BCUT2D eigenvalue weighted by Gasteiger charge is -2.15. The molecule has 0 aliphatic carbocycles. The summed E-state index contributed by atoms with van der Waals surface area (Å²) in [5, 5.41) is 3.88. The van der Waals surface area contributed by atoms with Crippen molar-refractivity contribution in [1.82, 2.24) is 10.7 Å². The minimum atomic E-state index is -0.797. The van der Waals surface area contributed by atoms with Crippen LogP contribution in [0, 0.1) is 13.8 Å². The quantitative estimate of drug-likeness (QED) is 0.550. The maximum atomic E-state index is 12.9. The summed E-state index contributed by atoms with van der Waals surface area (Å²) in [4.78, 5) is 25.8. The molecule has 1 heterocycles. The number of amides is 2. The van der Waals surface area contributed by atoms with Crippen LogP contribution in [0.4, 0.5) is 0 Å². The van der Waals surface area contributed by atoms with Crippen LogP contribution in [0.3, 0.4) is 0 Å². The summed E-state index contributed by atoms with van der Waals surface area (Å²) < 4.78 is 1.68. The molecule has 3 aromatic rings. The second-order valence-corrected chi connectivity index (χ2v) is 8.69. The zero-order valence-corrected chi connectivity index (χ0v) is 19.1. The third-order valence-electron chi connectivity index (χ3n) is 5.40. The van der Waals surface area contributed by atoms with Gasteiger partial charge in [-0.3, -0.25) is 9.59 Å². The Morgan fingerprint density at radius 1 is 0.969 bits per heavy atom. The third kappa shape index (κ3) is 4.69. The van der Waals surface area contributed by atoms with Crippen LogP contribution in [0.5, 0.6) is 0 Å². The Hall–Kier alpha value is -3.15. The standard InChI is InChI=1S/C25H21Cl2N3O2/c1-15-3-7-17(8-4-15)23-22(28-24(31)18-9-5-16(2)6-10-18)25(32)29-30(23)14-19-11-12-20(26)13-21(19)27/h3-14,22-23H,1-2H3,(H-,28,29,31,32)/p+1/b30-14-/t22-,23+/m0/s1. The maximum Gasteiger partial charge on any atom is 0.304 e. The molecule has 0 aromatic heterocycles. The van der Waals surface area contributed by atoms with E-state index < -0.39 is 12.1 Å². The molecule has 0 spiro atoms. The van der Waals surface area contributed by atoms with Gasteiger partial charge < -0.3 is 5.32 Å². The second kappa shape index (κ2) is 9.15. The van der Waals surface area contributed by atoms with Gasteiger partial charge in [-0.25, -0.2) is 0 Å². The predicted molar refractivity (Wildman–Crippen MR) is 126 cm³/mol. The molecule has 2 atom stereocenters. The highest BCUT2D eigenvalue weighted by Gasteiger charge is 2.47. The van der Waals surface area contributed by atoms with Gasteiger partial charge in [0.2, 0.25) is 12.3 Å². The molecule has 2 N–H and O–H groups in total. The number of halogens is 2. The third-order valence-corrected chi connectivity index (χ3v) is 5.96. The highest BCUT2D eigenvalue weighted by molar-refractivity contribution is 6.36. The Morgan fingerprint density at radius 3 is 2.22 bits per heavy atom. The lowest BCUT2D eigenvalue weighted by atomic mass is 9.98. The Morgan fingerprint density at radius 2 is 1.59 bits per heavy atom. The minimum absolute atomic E-state index is 0.308. The van der Waals surface area contributed by atoms with Gasteiger partial charge in [-0.15, -0.1) is 10.1 Å². The van der Waals surface area contributed by atoms with Crippen molar-refractivity contribution in [2.24, 2.45) is 0 Å². The highest BCUT2D eigenvalue weighted by atomic mass is 35.5. The molecule has 32 heavy (non-hydrogen) atoms. The molecule has 1 saturated heterocycles. The Bertz CT molecular complexity index is 1200. The lowest BCUT2D eigenvalue weighted by molar-refractivity contribution is -0.596. The number of carbonyl (C=O) groups is 2. The van der Waals surface area contributed by atoms with Crippen LogP contribution in [0.2, 0.25) is 10.0 Å². The van der Waals surface area contributed by atoms with Crippen molar-refractivity contribution in [2.75, 3.05) is 0 Å². The number of hydrogen-bond acceptors (Lipinski definition) is 2. The van der Waals surface area contributed by atoms with E-state index in [9.17, 15) is 9.59 Å². The van der Waals surface area contributed by atoms with Gasteiger partial charge in [0.05, 0.1) is 10.6 Å². The van der Waals surface area contributed by atoms with Crippen molar-refractivity contribution in [1.29, 1.82) is 0 Å². The molecule has 2 amide bonds. The number of aryl methyl sites for hydroxylation is 2. The number of nitrogens with one attached hydrogen (secondary N) is 2. The summed E-state index contributed by atoms with van der Waals surface area (Å²) >= 11 is 12.4. The van der Waals surface area contributed by atoms with Gasteiger partial charge in [-0.2, -0.15) is 0 Å². The highest BCUT2D eigenvalue weighted by Crippen LogP contribution is 2.27. The molecule has 3 aromatic carbocycles. The average molecular weight is 467 g/mol. The van der Waals surface area contributed by atoms with Crippen LogP contribution in [-0.2, 0) is 4.79 Å². The van der Waals surface area contributed by atoms with Gasteiger partial charge in [-0.05, 0) is 44.2 Å². The lowest BCUT2D eigenvalue weighted by Crippen LogP contribution is -2.42. The van der Waals surface area contributed by atoms with Crippen molar-refractivity contribution in [2.45, 2.75) is 25.9 Å². The number of nitrogens with zero attached hydrogens (tertiary/aromatic N) is 1. The molecule has 162 valence electrons. The monoisotopic (exact) mass is 466 g/mol. The molecule has 7 heteroatoms. The predicted octanol–water partition coefficient (Wildman–Crippen LogP) is 4.63. The van der Waals surface area contributed by atoms with E-state index in [1.165, 1.54) is 0 Å². The molecule has 1 fully saturated rings. The number of hydrazone groups is 1. The van der Waals surface area contributed by atoms with E-state index in [-0.39, 0.29) is 11.8 Å². The first kappa shape index (κ1) is 22.1. The fourth-order valence-electron chi connectivity index (χ4n) is 3.63. The smallest absolute Gasteiger partial charge is 0.304 e. The number of carbonyl (C=O) groups excluding carboxylic acids is 2. The molecule has 0 radical (unpaired) electrons. The molecule has 0 saturated carbocycles. The van der Waals surface area contributed by atoms with Crippen LogP contribution in [0.15, 0.2) is 66.7 Å². The van der Waals surface area contributed by atoms with E-state index in [0.717, 1.165) is 16.7 Å². The van der Waals surface area contributed by atoms with Gasteiger partial charge in [0.1, 0.15) is 0 Å². The molecular weight excluding hydrogens is 445 g/mol. The number of hydrogen-bond donors (Lipinski definition) is 2. The van der Waals surface area contributed by atoms with Gasteiger partial charge in [0.15, 0.2) is 6.04 Å². The van der Waals surface area contributed by atoms with Crippen molar-refractivity contribution >= 4 is 41.2 Å². The normalized spacial score (nSPS) is 19.1. The average Bonchev–Trinajstić information content (AvgIpc) is 3.06. The summed E-state index contributed by atoms with van der Waals surface area (Å²) in [6.45, 7) is 3.95. The van der Waals surface area contributed by atoms with Crippen molar-refractivity contribution in [3.8, 4) is 0 Å². The molecule has 0 unspecified atom stereocenters. The molecule has 4 rings (SSSR count). The van der Waals surface area contributed by atoms with E-state index in [0.29, 0.717) is 21.2 Å². The van der Waals surface area contributed by atoms with Crippen LogP contribution < -0.4 is 10.7 Å². The first-order valence-electron chi connectivity index (χ1n) is 10.1. The maximum absolute atomic E-state index is 12.9. The van der Waals surface area contributed by atoms with Crippen molar-refractivity contribution in [3.63, 3.8) is 0 Å². The first-order valence-corrected chi connectivity index (χ1v) is 10.9. The van der Waals surface area contributed by atoms with Gasteiger partial charge in [-0.1, -0.05) is 70.7 Å². The largest absolute Gasteiger partial charge is 0.334 e. The van der Waals surface area contributed by atoms with Gasteiger partial charge in [0.25, 0.3) is 5.91 Å². The number of rotatable bonds is 4. The summed E-state index contributed by atoms with van der Waals surface area (Å²) in [6, 6.07) is 19.0. The summed E-state index contributed by atoms with van der Waals surface area (Å²) in [5.41, 5.74) is 7.08. The fourth-order valence-corrected chi connectivity index (χ4v) is 4.09. The van der Waals surface area contributed by atoms with E-state index in [1.54, 1.807) is 41.2 Å². The van der Waals surface area contributed by atoms with E-state index >= 15 is 0 Å². The second-order valence-electron chi connectivity index (χ2n) is 7.85. The minimum Gasteiger partial charge on any atom is -0.334 e. The summed E-state index contributed by atoms with van der Waals surface area (Å²) in [5.74, 6) is -0.619. The molecular formula is C25H22Cl2N3O2+. The van der Waals surface area contributed by atoms with Crippen molar-refractivity contribution in [3.05, 3.63) is 105 Å². The van der Waals surface area contributed by atoms with Crippen LogP contribution in [0.1, 0.15) is 38.7 Å². The summed E-state index contributed by atoms with van der Waals surface area (Å²) in [7, 11) is 0.